The molecular formula is H3Na2O6PS. The van der Waals surface area contributed by atoms with E-state index in [1.54, 1.807) is 0 Å². The molecule has 10 heteroatoms. The summed E-state index contributed by atoms with van der Waals surface area (Å²) in [6, 6.07) is 0. The molecule has 0 aromatic carbocycles. The van der Waals surface area contributed by atoms with E-state index in [4.69, 9.17) is 28.0 Å². The van der Waals surface area contributed by atoms with E-state index in [9.17, 15) is 0 Å². The first-order chi connectivity index (χ1) is 3.46. The summed E-state index contributed by atoms with van der Waals surface area (Å²) in [6.45, 7) is 0. The molecule has 0 unspecified atom stereocenters. The molecule has 0 amide bonds. The molecule has 0 spiro atoms. The van der Waals surface area contributed by atoms with Gasteiger partial charge in [0.05, 0.1) is 0 Å². The monoisotopic (exact) mass is 208 g/mol. The van der Waals surface area contributed by atoms with Crippen LogP contribution in [0.4, 0.5) is 0 Å². The minimum atomic E-state index is -3.11. The summed E-state index contributed by atoms with van der Waals surface area (Å²) in [7, 11) is -2.62. The summed E-state index contributed by atoms with van der Waals surface area (Å²) < 4.78 is 25.3. The zero-order valence-electron chi connectivity index (χ0n) is 5.42. The Morgan fingerprint density at radius 3 is 1.10 bits per heavy atom. The third kappa shape index (κ3) is 161. The van der Waals surface area contributed by atoms with Gasteiger partial charge in [-0.3, -0.25) is 4.21 Å². The van der Waals surface area contributed by atoms with Crippen LogP contribution in [0.5, 0.6) is 0 Å². The summed E-state index contributed by atoms with van der Waals surface area (Å²) in [5.41, 5.74) is 0. The van der Waals surface area contributed by atoms with Gasteiger partial charge in [0.2, 0.25) is 0 Å². The van der Waals surface area contributed by atoms with Gasteiger partial charge in [0, 0.05) is 0 Å². The molecule has 0 saturated carbocycles. The summed E-state index contributed by atoms with van der Waals surface area (Å²) >= 11 is -3.11. The average Bonchev–Trinajstić information content (AvgIpc) is 1.25. The molecule has 10 heavy (non-hydrogen) atoms. The van der Waals surface area contributed by atoms with Crippen LogP contribution in [-0.2, 0) is 11.4 Å². The Morgan fingerprint density at radius 2 is 1.10 bits per heavy atom. The molecule has 6 nitrogen and oxygen atoms in total. The molecule has 52 valence electrons. The smallest absolute Gasteiger partial charge is 0.784 e. The predicted octanol–water partition coefficient (Wildman–Crippen LogP) is -7.81. The second kappa shape index (κ2) is 17.5. The van der Waals surface area contributed by atoms with Gasteiger partial charge in [-0.05, 0) is 0 Å². The van der Waals surface area contributed by atoms with E-state index in [0.717, 1.165) is 0 Å². The third-order valence-electron chi connectivity index (χ3n) is 0. The molecule has 0 saturated heterocycles. The van der Waals surface area contributed by atoms with Gasteiger partial charge < -0.3 is 23.8 Å². The van der Waals surface area contributed by atoms with Crippen LogP contribution in [0.1, 0.15) is 0 Å². The fourth-order valence-corrected chi connectivity index (χ4v) is 0. The van der Waals surface area contributed by atoms with E-state index in [1.165, 1.54) is 0 Å². The van der Waals surface area contributed by atoms with Crippen LogP contribution < -0.4 is 59.1 Å². The average molecular weight is 208 g/mol. The van der Waals surface area contributed by atoms with Crippen molar-refractivity contribution in [3.63, 3.8) is 0 Å². The maximum atomic E-state index is 8.44. The van der Waals surface area contributed by atoms with Crippen molar-refractivity contribution < 1.29 is 87.1 Å². The minimum absolute atomic E-state index is 0. The van der Waals surface area contributed by atoms with Crippen molar-refractivity contribution in [1.82, 2.24) is 0 Å². The Morgan fingerprint density at radius 1 is 1.10 bits per heavy atom. The van der Waals surface area contributed by atoms with E-state index in [-0.39, 0.29) is 59.1 Å². The van der Waals surface area contributed by atoms with Crippen LogP contribution in [0, 0.1) is 0 Å². The zero-order valence-corrected chi connectivity index (χ0v) is 11.1. The van der Waals surface area contributed by atoms with Gasteiger partial charge in [-0.25, -0.2) is 0 Å². The van der Waals surface area contributed by atoms with Crippen molar-refractivity contribution in [1.29, 1.82) is 0 Å². The Balaban J connectivity index is -0.0000000300. The van der Waals surface area contributed by atoms with E-state index in [2.05, 4.69) is 0 Å². The van der Waals surface area contributed by atoms with Crippen molar-refractivity contribution in [2.45, 2.75) is 0 Å². The molecule has 0 bridgehead atoms. The normalized spacial score (nSPS) is 7.10. The van der Waals surface area contributed by atoms with Crippen LogP contribution in [0.2, 0.25) is 0 Å². The van der Waals surface area contributed by atoms with Crippen molar-refractivity contribution >= 4 is 20.0 Å². The SMILES string of the molecule is O=S([O-])[O-].OP(O)O.[Na+].[Na+]. The molecule has 0 radical (unpaired) electrons. The van der Waals surface area contributed by atoms with Gasteiger partial charge >= 0.3 is 67.7 Å². The van der Waals surface area contributed by atoms with Crippen LogP contribution >= 0.6 is 8.60 Å². The fraction of sp³-hybridized carbons (Fsp3) is 0. The number of hydrogen-bond acceptors (Lipinski definition) is 6. The van der Waals surface area contributed by atoms with E-state index in [0.29, 0.717) is 0 Å². The second-order valence-electron chi connectivity index (χ2n) is 0.472. The summed E-state index contributed by atoms with van der Waals surface area (Å²) in [4.78, 5) is 21.7. The van der Waals surface area contributed by atoms with Crippen molar-refractivity contribution in [3.05, 3.63) is 0 Å². The number of rotatable bonds is 0. The second-order valence-corrected chi connectivity index (χ2v) is 1.42. The molecule has 3 N–H and O–H groups in total. The quantitative estimate of drug-likeness (QED) is 0.206. The Labute approximate surface area is 106 Å². The van der Waals surface area contributed by atoms with Crippen LogP contribution in [-0.4, -0.2) is 28.0 Å². The summed E-state index contributed by atoms with van der Waals surface area (Å²) in [6.07, 6.45) is 0. The van der Waals surface area contributed by atoms with Gasteiger partial charge in [0.15, 0.2) is 0 Å². The maximum absolute atomic E-state index is 8.44. The topological polar surface area (TPSA) is 124 Å². The van der Waals surface area contributed by atoms with Crippen LogP contribution in [0.15, 0.2) is 0 Å². The molecule has 0 aliphatic rings. The minimum Gasteiger partial charge on any atom is -0.784 e. The molecule has 0 aliphatic carbocycles. The van der Waals surface area contributed by atoms with Crippen molar-refractivity contribution in [2.24, 2.45) is 0 Å². The van der Waals surface area contributed by atoms with Gasteiger partial charge in [0.1, 0.15) is 0 Å². The van der Waals surface area contributed by atoms with E-state index >= 15 is 0 Å². The van der Waals surface area contributed by atoms with Gasteiger partial charge in [-0.15, -0.1) is 11.4 Å². The molecule has 0 aromatic rings. The van der Waals surface area contributed by atoms with Gasteiger partial charge in [0.25, 0.3) is 0 Å². The molecule has 0 fully saturated rings. The first-order valence-electron chi connectivity index (χ1n) is 1.10. The van der Waals surface area contributed by atoms with Crippen molar-refractivity contribution in [3.8, 4) is 0 Å². The molecule has 0 heterocycles. The van der Waals surface area contributed by atoms with Crippen LogP contribution in [0.3, 0.4) is 0 Å². The standard InChI is InChI=1S/2Na.H3O3P.H2O3S/c;;2*1-4(2)3/h;;1-3H;(H2,1,2,3)/q2*+1;;/p-2. The number of hydrogen-bond donors (Lipinski definition) is 3. The molecule has 0 aliphatic heterocycles. The predicted molar refractivity (Wildman–Crippen MR) is 23.3 cm³/mol. The Kier molecular flexibility index (Phi) is 39.9. The zero-order chi connectivity index (χ0) is 7.15. The fourth-order valence-electron chi connectivity index (χ4n) is 0. The van der Waals surface area contributed by atoms with E-state index in [1.807, 2.05) is 0 Å². The summed E-state index contributed by atoms with van der Waals surface area (Å²) in [5.74, 6) is 0. The molecular weight excluding hydrogens is 205 g/mol. The first-order valence-corrected chi connectivity index (χ1v) is 3.30. The van der Waals surface area contributed by atoms with Crippen molar-refractivity contribution in [2.75, 3.05) is 0 Å². The van der Waals surface area contributed by atoms with Crippen LogP contribution in [0.25, 0.3) is 0 Å². The third-order valence-corrected chi connectivity index (χ3v) is 0. The Bertz CT molecular complexity index is 60.0. The van der Waals surface area contributed by atoms with E-state index < -0.39 is 20.0 Å². The molecule has 0 aromatic heterocycles. The Hall–Kier alpha value is 2.38. The molecule has 0 rings (SSSR count). The largest absolute Gasteiger partial charge is 1.00 e. The summed E-state index contributed by atoms with van der Waals surface area (Å²) in [5, 5.41) is 0. The van der Waals surface area contributed by atoms with Gasteiger partial charge in [-0.1, -0.05) is 0 Å². The first kappa shape index (κ1) is 22.8. The van der Waals surface area contributed by atoms with Gasteiger partial charge in [-0.2, -0.15) is 0 Å². The maximum Gasteiger partial charge on any atom is 1.00 e. The molecule has 0 atom stereocenters.